The van der Waals surface area contributed by atoms with Gasteiger partial charge in [-0.1, -0.05) is 83.5 Å². The number of hydrogen-bond acceptors (Lipinski definition) is 2. The molecule has 0 N–H and O–H groups in total. The molecular formula is C28H36O2. The van der Waals surface area contributed by atoms with Crippen molar-refractivity contribution in [2.45, 2.75) is 78.1 Å². The Labute approximate surface area is 182 Å². The van der Waals surface area contributed by atoms with E-state index in [2.05, 4.69) is 40.3 Å². The zero-order valence-corrected chi connectivity index (χ0v) is 19.1. The molecule has 0 saturated carbocycles. The van der Waals surface area contributed by atoms with Crippen LogP contribution in [0.1, 0.15) is 104 Å². The fourth-order valence-electron chi connectivity index (χ4n) is 3.73. The van der Waals surface area contributed by atoms with E-state index in [4.69, 9.17) is 0 Å². The zero-order valence-electron chi connectivity index (χ0n) is 19.1. The number of rotatable bonds is 12. The molecule has 0 saturated heterocycles. The molecule has 0 aliphatic rings. The summed E-state index contributed by atoms with van der Waals surface area (Å²) in [7, 11) is 0. The predicted octanol–water partition coefficient (Wildman–Crippen LogP) is 7.81. The van der Waals surface area contributed by atoms with Gasteiger partial charge in [-0.3, -0.25) is 9.59 Å². The first-order valence-corrected chi connectivity index (χ1v) is 11.2. The Morgan fingerprint density at radius 3 is 1.87 bits per heavy atom. The number of benzene rings is 2. The number of carbonyl (C=O) groups excluding carboxylic acids is 2. The van der Waals surface area contributed by atoms with Crippen LogP contribution in [0.3, 0.4) is 0 Å². The van der Waals surface area contributed by atoms with E-state index in [-0.39, 0.29) is 17.0 Å². The second-order valence-electron chi connectivity index (χ2n) is 8.88. The average molecular weight is 405 g/mol. The van der Waals surface area contributed by atoms with Gasteiger partial charge in [0.15, 0.2) is 11.6 Å². The Morgan fingerprint density at radius 1 is 0.800 bits per heavy atom. The highest BCUT2D eigenvalue weighted by molar-refractivity contribution is 5.97. The van der Waals surface area contributed by atoms with Crippen molar-refractivity contribution in [2.75, 3.05) is 0 Å². The van der Waals surface area contributed by atoms with Gasteiger partial charge < -0.3 is 0 Å². The highest BCUT2D eigenvalue weighted by Gasteiger charge is 2.23. The summed E-state index contributed by atoms with van der Waals surface area (Å²) in [5.74, 6) is 0.413. The van der Waals surface area contributed by atoms with Gasteiger partial charge in [0.25, 0.3) is 0 Å². The number of hydrogen-bond donors (Lipinski definition) is 0. The van der Waals surface area contributed by atoms with E-state index in [9.17, 15) is 9.59 Å². The number of unbranched alkanes of at least 4 members (excludes halogenated alkanes) is 2. The van der Waals surface area contributed by atoms with Crippen molar-refractivity contribution in [3.63, 3.8) is 0 Å². The fraction of sp³-hybridized carbons (Fsp3) is 0.429. The Morgan fingerprint density at radius 2 is 1.30 bits per heavy atom. The first-order chi connectivity index (χ1) is 14.3. The van der Waals surface area contributed by atoms with Crippen LogP contribution in [-0.2, 0) is 5.41 Å². The Bertz CT molecular complexity index is 889. The molecule has 2 rings (SSSR count). The van der Waals surface area contributed by atoms with E-state index < -0.39 is 0 Å². The quantitative estimate of drug-likeness (QED) is 0.338. The molecule has 0 bridgehead atoms. The monoisotopic (exact) mass is 404 g/mol. The van der Waals surface area contributed by atoms with Crippen molar-refractivity contribution in [3.8, 4) is 0 Å². The van der Waals surface area contributed by atoms with Gasteiger partial charge in [0.1, 0.15) is 0 Å². The molecule has 0 amide bonds. The maximum absolute atomic E-state index is 12.5. The van der Waals surface area contributed by atoms with Crippen LogP contribution in [0.25, 0.3) is 5.57 Å². The lowest BCUT2D eigenvalue weighted by atomic mass is 9.77. The van der Waals surface area contributed by atoms with Crippen LogP contribution in [0.15, 0.2) is 55.1 Å². The van der Waals surface area contributed by atoms with Crippen LogP contribution in [0.4, 0.5) is 0 Å². The summed E-state index contributed by atoms with van der Waals surface area (Å²) in [4.78, 5) is 24.9. The smallest absolute Gasteiger partial charge is 0.162 e. The van der Waals surface area contributed by atoms with Crippen molar-refractivity contribution >= 4 is 17.1 Å². The second kappa shape index (κ2) is 11.1. The normalized spacial score (nSPS) is 11.3. The average Bonchev–Trinajstić information content (AvgIpc) is 2.75. The largest absolute Gasteiger partial charge is 0.294 e. The second-order valence-corrected chi connectivity index (χ2v) is 8.88. The summed E-state index contributed by atoms with van der Waals surface area (Å²) in [5.41, 5.74) is 4.56. The highest BCUT2D eigenvalue weighted by atomic mass is 16.1. The van der Waals surface area contributed by atoms with Crippen LogP contribution in [0.5, 0.6) is 0 Å². The van der Waals surface area contributed by atoms with Gasteiger partial charge in [0.05, 0.1) is 0 Å². The molecule has 0 fully saturated rings. The first kappa shape index (κ1) is 23.8. The highest BCUT2D eigenvalue weighted by Crippen LogP contribution is 2.34. The summed E-state index contributed by atoms with van der Waals surface area (Å²) in [6.07, 6.45) is 5.85. The lowest BCUT2D eigenvalue weighted by molar-refractivity contribution is 0.0971. The molecule has 2 nitrogen and oxygen atoms in total. The van der Waals surface area contributed by atoms with Crippen molar-refractivity contribution in [1.82, 2.24) is 0 Å². The van der Waals surface area contributed by atoms with Gasteiger partial charge in [-0.05, 0) is 53.5 Å². The number of allylic oxidation sites excluding steroid dienone is 1. The molecule has 0 radical (unpaired) electrons. The van der Waals surface area contributed by atoms with Crippen LogP contribution in [0, 0.1) is 0 Å². The van der Waals surface area contributed by atoms with Crippen molar-refractivity contribution in [1.29, 1.82) is 0 Å². The van der Waals surface area contributed by atoms with Gasteiger partial charge in [-0.2, -0.15) is 0 Å². The minimum absolute atomic E-state index is 0.166. The minimum atomic E-state index is -0.166. The van der Waals surface area contributed by atoms with Gasteiger partial charge >= 0.3 is 0 Å². The molecule has 30 heavy (non-hydrogen) atoms. The van der Waals surface area contributed by atoms with Crippen LogP contribution in [0.2, 0.25) is 0 Å². The Kier molecular flexibility index (Phi) is 8.77. The molecule has 2 aromatic carbocycles. The van der Waals surface area contributed by atoms with Crippen LogP contribution in [-0.4, -0.2) is 11.6 Å². The van der Waals surface area contributed by atoms with Gasteiger partial charge in [-0.15, -0.1) is 0 Å². The van der Waals surface area contributed by atoms with E-state index in [1.165, 1.54) is 0 Å². The Hall–Kier alpha value is -2.48. The molecule has 0 aliphatic carbocycles. The third-order valence-corrected chi connectivity index (χ3v) is 5.73. The van der Waals surface area contributed by atoms with E-state index >= 15 is 0 Å². The molecule has 160 valence electrons. The molecule has 0 unspecified atom stereocenters. The number of Topliss-reactive ketones (excluding diaryl/α,β-unsaturated/α-hetero) is 2. The maximum atomic E-state index is 12.5. The Balaban J connectivity index is 2.16. The first-order valence-electron chi connectivity index (χ1n) is 11.2. The predicted molar refractivity (Wildman–Crippen MR) is 127 cm³/mol. The molecule has 0 atom stereocenters. The summed E-state index contributed by atoms with van der Waals surface area (Å²) in [5, 5.41) is 0. The van der Waals surface area contributed by atoms with E-state index in [0.717, 1.165) is 59.9 Å². The topological polar surface area (TPSA) is 34.1 Å². The van der Waals surface area contributed by atoms with E-state index in [1.807, 2.05) is 42.5 Å². The van der Waals surface area contributed by atoms with E-state index in [1.54, 1.807) is 0 Å². The fourth-order valence-corrected chi connectivity index (χ4v) is 3.73. The third kappa shape index (κ3) is 6.52. The summed E-state index contributed by atoms with van der Waals surface area (Å²) >= 11 is 0. The molecule has 0 spiro atoms. The summed E-state index contributed by atoms with van der Waals surface area (Å²) in [6, 6.07) is 15.9. The van der Waals surface area contributed by atoms with Crippen LogP contribution >= 0.6 is 0 Å². The minimum Gasteiger partial charge on any atom is -0.294 e. The van der Waals surface area contributed by atoms with Crippen LogP contribution < -0.4 is 0 Å². The zero-order chi connectivity index (χ0) is 22.1. The van der Waals surface area contributed by atoms with Gasteiger partial charge in [0, 0.05) is 24.0 Å². The standard InChI is InChI=1S/C28H36O2/c1-6-8-16-26(29)23-13-10-12-22(18-23)21(3)20-28(4,5)25-15-11-14-24(19-25)27(30)17-9-7-2/h10-15,18-19H,3,6-9,16-17,20H2,1-2,4-5H3. The van der Waals surface area contributed by atoms with Gasteiger partial charge in [-0.25, -0.2) is 0 Å². The molecular weight excluding hydrogens is 368 g/mol. The molecule has 0 heterocycles. The van der Waals surface area contributed by atoms with Crippen molar-refractivity contribution in [2.24, 2.45) is 0 Å². The lowest BCUT2D eigenvalue weighted by Crippen LogP contribution is -2.18. The van der Waals surface area contributed by atoms with E-state index in [0.29, 0.717) is 12.8 Å². The lowest BCUT2D eigenvalue weighted by Gasteiger charge is -2.27. The third-order valence-electron chi connectivity index (χ3n) is 5.73. The SMILES string of the molecule is C=C(CC(C)(C)c1cccc(C(=O)CCCC)c1)c1cccc(C(=O)CCCC)c1. The van der Waals surface area contributed by atoms with Crippen molar-refractivity contribution < 1.29 is 9.59 Å². The molecule has 2 heteroatoms. The molecule has 0 aromatic heterocycles. The number of carbonyl (C=O) groups is 2. The van der Waals surface area contributed by atoms with Gasteiger partial charge in [0.2, 0.25) is 0 Å². The van der Waals surface area contributed by atoms with Crippen molar-refractivity contribution in [3.05, 3.63) is 77.4 Å². The molecule has 2 aromatic rings. The number of ketones is 2. The maximum Gasteiger partial charge on any atom is 0.162 e. The summed E-state index contributed by atoms with van der Waals surface area (Å²) < 4.78 is 0. The molecule has 0 aliphatic heterocycles. The summed E-state index contributed by atoms with van der Waals surface area (Å²) in [6.45, 7) is 12.9.